The van der Waals surface area contributed by atoms with E-state index >= 15 is 0 Å². The Morgan fingerprint density at radius 1 is 1.36 bits per heavy atom. The molecule has 0 amide bonds. The highest BCUT2D eigenvalue weighted by molar-refractivity contribution is 8.00. The first-order chi connectivity index (χ1) is 12.0. The summed E-state index contributed by atoms with van der Waals surface area (Å²) < 4.78 is 11.4. The van der Waals surface area contributed by atoms with E-state index in [1.807, 2.05) is 12.3 Å². The number of nitrogens with zero attached hydrogens (tertiary/aromatic N) is 1. The summed E-state index contributed by atoms with van der Waals surface area (Å²) >= 11 is 8.78. The third-order valence-electron chi connectivity index (χ3n) is 3.07. The minimum absolute atomic E-state index is 0.154. The van der Waals surface area contributed by atoms with Gasteiger partial charge in [0.2, 0.25) is 11.2 Å². The van der Waals surface area contributed by atoms with Crippen LogP contribution < -0.4 is 10.2 Å². The van der Waals surface area contributed by atoms with Gasteiger partial charge < -0.3 is 9.15 Å². The smallest absolute Gasteiger partial charge is 0.343 e. The van der Waals surface area contributed by atoms with Gasteiger partial charge in [0.25, 0.3) is 0 Å². The number of rotatable bonds is 5. The Bertz CT molecular complexity index is 950. The van der Waals surface area contributed by atoms with Gasteiger partial charge in [-0.3, -0.25) is 4.79 Å². The Labute approximate surface area is 156 Å². The van der Waals surface area contributed by atoms with E-state index in [2.05, 4.69) is 4.98 Å². The van der Waals surface area contributed by atoms with E-state index < -0.39 is 11.4 Å². The van der Waals surface area contributed by atoms with Crippen molar-refractivity contribution in [3.63, 3.8) is 0 Å². The van der Waals surface area contributed by atoms with Gasteiger partial charge in [-0.05, 0) is 31.2 Å². The molecule has 0 aliphatic carbocycles. The van der Waals surface area contributed by atoms with Crippen LogP contribution in [0.25, 0.3) is 0 Å². The number of aryl methyl sites for hydroxylation is 1. The van der Waals surface area contributed by atoms with Gasteiger partial charge in [0.15, 0.2) is 4.34 Å². The number of thioether (sulfide) groups is 1. The summed E-state index contributed by atoms with van der Waals surface area (Å²) in [5.74, 6) is 0.144. The van der Waals surface area contributed by atoms with Crippen LogP contribution in [0.2, 0.25) is 5.02 Å². The molecule has 3 rings (SSSR count). The molecule has 128 valence electrons. The molecule has 1 aromatic carbocycles. The lowest BCUT2D eigenvalue weighted by molar-refractivity contribution is 0.0729. The van der Waals surface area contributed by atoms with Crippen molar-refractivity contribution < 1.29 is 13.9 Å². The van der Waals surface area contributed by atoms with Gasteiger partial charge in [0, 0.05) is 22.2 Å². The predicted octanol–water partition coefficient (Wildman–Crippen LogP) is 4.57. The molecule has 2 aromatic heterocycles. The quantitative estimate of drug-likeness (QED) is 0.467. The standard InChI is InChI=1S/C17H12ClNO4S2/c1-10-8-24-17(19-10)25-9-13-6-14(20)15(7-22-13)23-16(21)11-2-4-12(18)5-3-11/h2-8H,9H2,1H3. The van der Waals surface area contributed by atoms with Crippen molar-refractivity contribution in [2.75, 3.05) is 0 Å². The molecule has 25 heavy (non-hydrogen) atoms. The molecule has 2 heterocycles. The number of aromatic nitrogens is 1. The Morgan fingerprint density at radius 3 is 2.76 bits per heavy atom. The van der Waals surface area contributed by atoms with Crippen LogP contribution in [0.1, 0.15) is 21.8 Å². The molecule has 0 fully saturated rings. The van der Waals surface area contributed by atoms with Crippen molar-refractivity contribution in [3.8, 4) is 5.75 Å². The number of benzene rings is 1. The number of hydrogen-bond donors (Lipinski definition) is 0. The lowest BCUT2D eigenvalue weighted by Crippen LogP contribution is -2.14. The van der Waals surface area contributed by atoms with Gasteiger partial charge in [-0.2, -0.15) is 0 Å². The van der Waals surface area contributed by atoms with E-state index in [9.17, 15) is 9.59 Å². The second-order valence-corrected chi connectivity index (χ2v) is 7.53. The number of ether oxygens (including phenoxy) is 1. The molecular formula is C17H12ClNO4S2. The van der Waals surface area contributed by atoms with Crippen LogP contribution in [-0.4, -0.2) is 11.0 Å². The number of carbonyl (C=O) groups excluding carboxylic acids is 1. The molecule has 0 N–H and O–H groups in total. The number of halogens is 1. The summed E-state index contributed by atoms with van der Waals surface area (Å²) in [7, 11) is 0. The molecule has 0 radical (unpaired) electrons. The van der Waals surface area contributed by atoms with Gasteiger partial charge in [-0.1, -0.05) is 23.4 Å². The second-order valence-electron chi connectivity index (χ2n) is 5.01. The maximum absolute atomic E-state index is 12.1. The summed E-state index contributed by atoms with van der Waals surface area (Å²) in [6, 6.07) is 7.50. The van der Waals surface area contributed by atoms with Crippen LogP contribution in [0, 0.1) is 6.92 Å². The van der Waals surface area contributed by atoms with E-state index in [-0.39, 0.29) is 5.75 Å². The normalized spacial score (nSPS) is 10.6. The van der Waals surface area contributed by atoms with Gasteiger partial charge in [-0.15, -0.1) is 11.3 Å². The molecule has 5 nitrogen and oxygen atoms in total. The van der Waals surface area contributed by atoms with Gasteiger partial charge in [0.1, 0.15) is 12.0 Å². The number of hydrogen-bond acceptors (Lipinski definition) is 7. The zero-order valence-corrected chi connectivity index (χ0v) is 15.4. The van der Waals surface area contributed by atoms with Crippen molar-refractivity contribution in [3.05, 3.63) is 74.2 Å². The van der Waals surface area contributed by atoms with Crippen LogP contribution in [0.4, 0.5) is 0 Å². The van der Waals surface area contributed by atoms with Crippen molar-refractivity contribution >= 4 is 40.7 Å². The number of carbonyl (C=O) groups is 1. The lowest BCUT2D eigenvalue weighted by atomic mass is 10.2. The first-order valence-corrected chi connectivity index (χ1v) is 9.40. The first kappa shape index (κ1) is 17.7. The summed E-state index contributed by atoms with van der Waals surface area (Å²) in [5.41, 5.74) is 0.834. The fourth-order valence-corrected chi connectivity index (χ4v) is 3.73. The van der Waals surface area contributed by atoms with E-state index in [0.717, 1.165) is 16.3 Å². The Balaban J connectivity index is 1.66. The minimum Gasteiger partial charge on any atom is -0.464 e. The minimum atomic E-state index is -0.649. The molecule has 0 saturated carbocycles. The van der Waals surface area contributed by atoms with Crippen molar-refractivity contribution in [2.24, 2.45) is 0 Å². The molecule has 3 aromatic rings. The van der Waals surface area contributed by atoms with Crippen LogP contribution in [0.3, 0.4) is 0 Å². The van der Waals surface area contributed by atoms with E-state index in [1.165, 1.54) is 41.3 Å². The topological polar surface area (TPSA) is 69.4 Å². The summed E-state index contributed by atoms with van der Waals surface area (Å²) in [5, 5.41) is 2.46. The zero-order chi connectivity index (χ0) is 17.8. The number of esters is 1. The fraction of sp³-hybridized carbons (Fsp3) is 0.118. The van der Waals surface area contributed by atoms with Crippen LogP contribution in [-0.2, 0) is 5.75 Å². The van der Waals surface area contributed by atoms with Crippen LogP contribution in [0.15, 0.2) is 55.5 Å². The monoisotopic (exact) mass is 393 g/mol. The maximum atomic E-state index is 12.1. The molecule has 0 aliphatic rings. The van der Waals surface area contributed by atoms with Crippen LogP contribution in [0.5, 0.6) is 5.75 Å². The highest BCUT2D eigenvalue weighted by Gasteiger charge is 2.13. The van der Waals surface area contributed by atoms with Gasteiger partial charge in [0.05, 0.1) is 11.3 Å². The average molecular weight is 394 g/mol. The molecule has 8 heteroatoms. The van der Waals surface area contributed by atoms with Gasteiger partial charge in [-0.25, -0.2) is 9.78 Å². The largest absolute Gasteiger partial charge is 0.464 e. The first-order valence-electron chi connectivity index (χ1n) is 7.15. The van der Waals surface area contributed by atoms with E-state index in [0.29, 0.717) is 22.1 Å². The molecule has 0 aliphatic heterocycles. The van der Waals surface area contributed by atoms with E-state index in [1.54, 1.807) is 12.1 Å². The Kier molecular flexibility index (Phi) is 5.57. The second kappa shape index (κ2) is 7.86. The van der Waals surface area contributed by atoms with Gasteiger partial charge >= 0.3 is 5.97 Å². The molecule has 0 atom stereocenters. The highest BCUT2D eigenvalue weighted by Crippen LogP contribution is 2.26. The van der Waals surface area contributed by atoms with Crippen molar-refractivity contribution in [2.45, 2.75) is 17.0 Å². The third-order valence-corrected chi connectivity index (χ3v) is 5.48. The average Bonchev–Trinajstić information content (AvgIpc) is 3.01. The Morgan fingerprint density at radius 2 is 2.12 bits per heavy atom. The third kappa shape index (κ3) is 4.72. The zero-order valence-electron chi connectivity index (χ0n) is 13.0. The lowest BCUT2D eigenvalue weighted by Gasteiger charge is -2.04. The molecule has 0 saturated heterocycles. The van der Waals surface area contributed by atoms with Crippen molar-refractivity contribution in [1.82, 2.24) is 4.98 Å². The summed E-state index contributed by atoms with van der Waals surface area (Å²) in [6.45, 7) is 1.92. The molecule has 0 spiro atoms. The van der Waals surface area contributed by atoms with Crippen LogP contribution >= 0.6 is 34.7 Å². The summed E-state index contributed by atoms with van der Waals surface area (Å²) in [6.07, 6.45) is 1.15. The molecule has 0 bridgehead atoms. The molecule has 0 unspecified atom stereocenters. The van der Waals surface area contributed by atoms with Crippen molar-refractivity contribution in [1.29, 1.82) is 0 Å². The van der Waals surface area contributed by atoms with E-state index in [4.69, 9.17) is 20.8 Å². The number of thiazole rings is 1. The molecular weight excluding hydrogens is 382 g/mol. The fourth-order valence-electron chi connectivity index (χ4n) is 1.87. The maximum Gasteiger partial charge on any atom is 0.343 e. The SMILES string of the molecule is Cc1csc(SCc2cc(=O)c(OC(=O)c3ccc(Cl)cc3)co2)n1. The summed E-state index contributed by atoms with van der Waals surface area (Å²) in [4.78, 5) is 28.4. The predicted molar refractivity (Wildman–Crippen MR) is 97.8 cm³/mol. The Hall–Kier alpha value is -2.09. The highest BCUT2D eigenvalue weighted by atomic mass is 35.5.